The molecule has 1 saturated carbocycles. The van der Waals surface area contributed by atoms with Gasteiger partial charge in [0.25, 0.3) is 5.91 Å². The second kappa shape index (κ2) is 8.22. The van der Waals surface area contributed by atoms with Crippen LogP contribution in [0, 0.1) is 12.8 Å². The number of carbonyl (C=O) groups excluding carboxylic acids is 2. The quantitative estimate of drug-likeness (QED) is 0.419. The van der Waals surface area contributed by atoms with E-state index in [9.17, 15) is 9.59 Å². The van der Waals surface area contributed by atoms with Crippen molar-refractivity contribution in [3.8, 4) is 11.3 Å². The minimum Gasteiger partial charge on any atom is -0.383 e. The molecule has 0 spiro atoms. The number of nitrogens with zero attached hydrogens (tertiary/aromatic N) is 5. The molecule has 4 aromatic heterocycles. The van der Waals surface area contributed by atoms with Crippen molar-refractivity contribution in [1.82, 2.24) is 30.0 Å². The zero-order chi connectivity index (χ0) is 24.0. The summed E-state index contributed by atoms with van der Waals surface area (Å²) in [7, 11) is 3.42. The van der Waals surface area contributed by atoms with Crippen molar-refractivity contribution in [3.05, 3.63) is 59.8 Å². The number of nitrogen functional groups attached to an aromatic ring is 1. The van der Waals surface area contributed by atoms with Crippen LogP contribution in [0.5, 0.6) is 0 Å². The number of rotatable bonds is 5. The topological polar surface area (TPSA) is 141 Å². The zero-order valence-corrected chi connectivity index (χ0v) is 19.0. The van der Waals surface area contributed by atoms with E-state index in [1.54, 1.807) is 36.3 Å². The molecular formula is C24H24N8O2. The molecule has 0 aliphatic heterocycles. The minimum atomic E-state index is -0.256. The van der Waals surface area contributed by atoms with E-state index in [0.717, 1.165) is 28.5 Å². The lowest BCUT2D eigenvalue weighted by atomic mass is 10.0. The maximum Gasteiger partial charge on any atom is 0.269 e. The molecule has 0 radical (unpaired) electrons. The van der Waals surface area contributed by atoms with E-state index in [-0.39, 0.29) is 23.7 Å². The van der Waals surface area contributed by atoms with E-state index in [1.165, 1.54) is 0 Å². The van der Waals surface area contributed by atoms with E-state index in [2.05, 4.69) is 30.7 Å². The SMILES string of the molecule is CNC(=O)c1cc(C)c(-c2cc3cc(NC(=O)[C@@H]4C[C@H]4c4cnn(C)c4)ncc3c(N)n2)cn1. The summed E-state index contributed by atoms with van der Waals surface area (Å²) >= 11 is 0. The first kappa shape index (κ1) is 21.5. The molecule has 0 bridgehead atoms. The molecule has 1 aliphatic carbocycles. The van der Waals surface area contributed by atoms with E-state index < -0.39 is 0 Å². The van der Waals surface area contributed by atoms with Crippen molar-refractivity contribution < 1.29 is 9.59 Å². The number of aromatic nitrogens is 5. The zero-order valence-electron chi connectivity index (χ0n) is 19.0. The Balaban J connectivity index is 1.40. The van der Waals surface area contributed by atoms with Gasteiger partial charge in [-0.15, -0.1) is 0 Å². The van der Waals surface area contributed by atoms with Gasteiger partial charge in [-0.1, -0.05) is 0 Å². The van der Waals surface area contributed by atoms with Gasteiger partial charge >= 0.3 is 0 Å². The normalized spacial score (nSPS) is 16.9. The van der Waals surface area contributed by atoms with Crippen LogP contribution in [0.3, 0.4) is 0 Å². The molecule has 4 N–H and O–H groups in total. The third-order valence-electron chi connectivity index (χ3n) is 6.12. The van der Waals surface area contributed by atoms with Crippen LogP contribution in [0.25, 0.3) is 22.0 Å². The van der Waals surface area contributed by atoms with E-state index in [0.29, 0.717) is 28.4 Å². The lowest BCUT2D eigenvalue weighted by Gasteiger charge is -2.11. The van der Waals surface area contributed by atoms with Gasteiger partial charge < -0.3 is 16.4 Å². The molecule has 0 saturated heterocycles. The molecule has 10 heteroatoms. The Hall–Kier alpha value is -4.34. The van der Waals surface area contributed by atoms with Gasteiger partial charge in [-0.05, 0) is 54.0 Å². The van der Waals surface area contributed by atoms with E-state index in [1.807, 2.05) is 32.4 Å². The summed E-state index contributed by atoms with van der Waals surface area (Å²) in [4.78, 5) is 37.7. The molecule has 2 amide bonds. The Kier molecular flexibility index (Phi) is 5.20. The number of aryl methyl sites for hydroxylation is 2. The van der Waals surface area contributed by atoms with Crippen molar-refractivity contribution in [3.63, 3.8) is 0 Å². The van der Waals surface area contributed by atoms with Gasteiger partial charge in [0.1, 0.15) is 17.3 Å². The molecule has 2 atom stereocenters. The van der Waals surface area contributed by atoms with Crippen LogP contribution in [-0.2, 0) is 11.8 Å². The predicted octanol–water partition coefficient (Wildman–Crippen LogP) is 2.42. The molecule has 1 fully saturated rings. The Labute approximate surface area is 195 Å². The van der Waals surface area contributed by atoms with Gasteiger partial charge in [-0.3, -0.25) is 19.3 Å². The Morgan fingerprint density at radius 3 is 2.68 bits per heavy atom. The summed E-state index contributed by atoms with van der Waals surface area (Å²) in [6.45, 7) is 1.89. The number of fused-ring (bicyclic) bond motifs is 1. The maximum absolute atomic E-state index is 12.8. The van der Waals surface area contributed by atoms with Crippen LogP contribution in [-0.4, -0.2) is 43.6 Å². The van der Waals surface area contributed by atoms with Crippen molar-refractivity contribution in [1.29, 1.82) is 0 Å². The van der Waals surface area contributed by atoms with Gasteiger partial charge in [0.05, 0.1) is 11.9 Å². The summed E-state index contributed by atoms with van der Waals surface area (Å²) in [5.41, 5.74) is 9.85. The fraction of sp³-hybridized carbons (Fsp3) is 0.250. The number of nitrogens with two attached hydrogens (primary N) is 1. The van der Waals surface area contributed by atoms with Gasteiger partial charge in [0.2, 0.25) is 5.91 Å². The first-order chi connectivity index (χ1) is 16.3. The third-order valence-corrected chi connectivity index (χ3v) is 6.12. The summed E-state index contributed by atoms with van der Waals surface area (Å²) in [5.74, 6) is 0.560. The van der Waals surface area contributed by atoms with Gasteiger partial charge in [-0.25, -0.2) is 9.97 Å². The molecular weight excluding hydrogens is 432 g/mol. The molecule has 0 aromatic carbocycles. The highest BCUT2D eigenvalue weighted by molar-refractivity contribution is 5.99. The average Bonchev–Trinajstić information content (AvgIpc) is 3.51. The number of hydrogen-bond donors (Lipinski definition) is 3. The minimum absolute atomic E-state index is 0.0622. The fourth-order valence-electron chi connectivity index (χ4n) is 4.16. The van der Waals surface area contributed by atoms with Crippen molar-refractivity contribution >= 4 is 34.2 Å². The number of carbonyl (C=O) groups is 2. The Morgan fingerprint density at radius 2 is 1.97 bits per heavy atom. The lowest BCUT2D eigenvalue weighted by Crippen LogP contribution is -2.19. The monoisotopic (exact) mass is 456 g/mol. The largest absolute Gasteiger partial charge is 0.383 e. The highest BCUT2D eigenvalue weighted by Gasteiger charge is 2.44. The third kappa shape index (κ3) is 3.94. The van der Waals surface area contributed by atoms with Gasteiger partial charge in [0.15, 0.2) is 0 Å². The molecule has 4 aromatic rings. The second-order valence-corrected chi connectivity index (χ2v) is 8.53. The molecule has 5 rings (SSSR count). The highest BCUT2D eigenvalue weighted by atomic mass is 16.2. The number of hydrogen-bond acceptors (Lipinski definition) is 7. The van der Waals surface area contributed by atoms with Crippen LogP contribution >= 0.6 is 0 Å². The van der Waals surface area contributed by atoms with Crippen molar-refractivity contribution in [2.75, 3.05) is 18.1 Å². The molecule has 4 heterocycles. The first-order valence-corrected chi connectivity index (χ1v) is 10.9. The van der Waals surface area contributed by atoms with E-state index >= 15 is 0 Å². The summed E-state index contributed by atoms with van der Waals surface area (Å²) < 4.78 is 1.74. The summed E-state index contributed by atoms with van der Waals surface area (Å²) in [5, 5.41) is 11.2. The van der Waals surface area contributed by atoms with E-state index in [4.69, 9.17) is 5.73 Å². The van der Waals surface area contributed by atoms with Gasteiger partial charge in [0, 0.05) is 49.6 Å². The predicted molar refractivity (Wildman–Crippen MR) is 128 cm³/mol. The molecule has 172 valence electrons. The number of nitrogens with one attached hydrogen (secondary N) is 2. The first-order valence-electron chi connectivity index (χ1n) is 10.9. The Morgan fingerprint density at radius 1 is 1.15 bits per heavy atom. The smallest absolute Gasteiger partial charge is 0.269 e. The van der Waals surface area contributed by atoms with Gasteiger partial charge in [-0.2, -0.15) is 5.10 Å². The van der Waals surface area contributed by atoms with Crippen LogP contribution in [0.4, 0.5) is 11.6 Å². The summed E-state index contributed by atoms with van der Waals surface area (Å²) in [6.07, 6.45) is 7.78. The average molecular weight is 457 g/mol. The highest BCUT2D eigenvalue weighted by Crippen LogP contribution is 2.47. The molecule has 34 heavy (non-hydrogen) atoms. The number of anilines is 2. The summed E-state index contributed by atoms with van der Waals surface area (Å²) in [6, 6.07) is 5.38. The lowest BCUT2D eigenvalue weighted by molar-refractivity contribution is -0.117. The van der Waals surface area contributed by atoms with Crippen LogP contribution in [0.1, 0.15) is 34.0 Å². The second-order valence-electron chi connectivity index (χ2n) is 8.53. The van der Waals surface area contributed by atoms with Crippen molar-refractivity contribution in [2.24, 2.45) is 13.0 Å². The van der Waals surface area contributed by atoms with Crippen molar-refractivity contribution in [2.45, 2.75) is 19.3 Å². The van der Waals surface area contributed by atoms with Crippen LogP contribution in [0.15, 0.2) is 43.0 Å². The molecule has 0 unspecified atom stereocenters. The molecule has 1 aliphatic rings. The standard InChI is InChI=1S/C24H24N8O2/c1-12-4-20(24(34)26-2)27-9-17(12)19-5-13-6-21(28-10-18(13)22(25)30-19)31-23(33)16-7-15(16)14-8-29-32(3)11-14/h4-6,8-11,15-16H,7H2,1-3H3,(H2,25,30)(H,26,34)(H,28,31,33)/t15-,16+/m0/s1. The maximum atomic E-state index is 12.8. The number of amides is 2. The van der Waals surface area contributed by atoms with Crippen LogP contribution in [0.2, 0.25) is 0 Å². The fourth-order valence-corrected chi connectivity index (χ4v) is 4.16. The molecule has 10 nitrogen and oxygen atoms in total. The van der Waals surface area contributed by atoms with Crippen LogP contribution < -0.4 is 16.4 Å². The number of pyridine rings is 3. The Bertz CT molecular complexity index is 1440.